The van der Waals surface area contributed by atoms with Gasteiger partial charge >= 0.3 is 0 Å². The molecule has 3 aliphatic rings. The Kier molecular flexibility index (Phi) is 6.86. The summed E-state index contributed by atoms with van der Waals surface area (Å²) in [5.74, 6) is 3.74. The minimum atomic E-state index is 0. The quantitative estimate of drug-likeness (QED) is 0.416. The molecule has 1 aliphatic heterocycles. The van der Waals surface area contributed by atoms with Gasteiger partial charge in [-0.3, -0.25) is 9.67 Å². The van der Waals surface area contributed by atoms with E-state index in [2.05, 4.69) is 26.5 Å². The zero-order chi connectivity index (χ0) is 17.2. The van der Waals surface area contributed by atoms with E-state index in [-0.39, 0.29) is 24.0 Å². The smallest absolute Gasteiger partial charge is 0.193 e. The van der Waals surface area contributed by atoms with E-state index in [4.69, 9.17) is 0 Å². The minimum Gasteiger partial charge on any atom is -0.353 e. The molecular formula is C20H34IN5. The summed E-state index contributed by atoms with van der Waals surface area (Å²) in [7, 11) is 3.93. The molecule has 1 saturated heterocycles. The predicted octanol–water partition coefficient (Wildman–Crippen LogP) is 3.45. The van der Waals surface area contributed by atoms with E-state index in [0.717, 1.165) is 43.2 Å². The molecule has 2 heterocycles. The second-order valence-corrected chi connectivity index (χ2v) is 8.42. The van der Waals surface area contributed by atoms with Gasteiger partial charge in [0.2, 0.25) is 0 Å². The Morgan fingerprint density at radius 2 is 2.08 bits per heavy atom. The van der Waals surface area contributed by atoms with E-state index >= 15 is 0 Å². The third kappa shape index (κ3) is 4.73. The van der Waals surface area contributed by atoms with Crippen LogP contribution in [0, 0.1) is 17.8 Å². The van der Waals surface area contributed by atoms with Gasteiger partial charge in [0, 0.05) is 39.4 Å². The minimum absolute atomic E-state index is 0. The van der Waals surface area contributed by atoms with Crippen LogP contribution in [0.1, 0.15) is 50.5 Å². The highest BCUT2D eigenvalue weighted by Crippen LogP contribution is 2.44. The van der Waals surface area contributed by atoms with Gasteiger partial charge in [0.15, 0.2) is 5.96 Å². The summed E-state index contributed by atoms with van der Waals surface area (Å²) in [6, 6.07) is 0.680. The third-order valence-corrected chi connectivity index (χ3v) is 6.49. The molecule has 4 rings (SSSR count). The van der Waals surface area contributed by atoms with Crippen molar-refractivity contribution in [1.29, 1.82) is 0 Å². The van der Waals surface area contributed by atoms with Gasteiger partial charge < -0.3 is 10.2 Å². The maximum atomic E-state index is 4.59. The molecule has 3 atom stereocenters. The lowest BCUT2D eigenvalue weighted by Gasteiger charge is -2.24. The highest BCUT2D eigenvalue weighted by molar-refractivity contribution is 14.0. The largest absolute Gasteiger partial charge is 0.353 e. The number of aromatic nitrogens is 2. The maximum absolute atomic E-state index is 4.59. The van der Waals surface area contributed by atoms with Crippen molar-refractivity contribution in [2.24, 2.45) is 29.8 Å². The molecule has 1 aromatic heterocycles. The Labute approximate surface area is 175 Å². The average Bonchev–Trinajstić information content (AvgIpc) is 3.04. The van der Waals surface area contributed by atoms with Crippen molar-refractivity contribution in [2.45, 2.75) is 57.4 Å². The topological polar surface area (TPSA) is 45.5 Å². The molecule has 1 N–H and O–H groups in total. The second-order valence-electron chi connectivity index (χ2n) is 8.42. The summed E-state index contributed by atoms with van der Waals surface area (Å²) in [4.78, 5) is 7.06. The molecular weight excluding hydrogens is 437 g/mol. The van der Waals surface area contributed by atoms with Crippen molar-refractivity contribution in [1.82, 2.24) is 20.0 Å². The van der Waals surface area contributed by atoms with Crippen LogP contribution in [-0.2, 0) is 13.5 Å². The van der Waals surface area contributed by atoms with Crippen LogP contribution < -0.4 is 5.32 Å². The van der Waals surface area contributed by atoms with Crippen LogP contribution in [0.4, 0.5) is 0 Å². The van der Waals surface area contributed by atoms with E-state index in [1.165, 1.54) is 50.5 Å². The standard InChI is InChI=1S/C20H33N5.HI/c1-21-20(23-19-11-18(19)17-6-4-3-5-7-17)25-9-8-15(14-25)10-16-12-22-24(2)13-16;/h12-13,15,17-19H,3-11,14H2,1-2H3,(H,21,23);1H. The number of halogens is 1. The second kappa shape index (κ2) is 8.93. The molecule has 3 unspecified atom stereocenters. The summed E-state index contributed by atoms with van der Waals surface area (Å²) >= 11 is 0. The summed E-state index contributed by atoms with van der Waals surface area (Å²) in [6.45, 7) is 2.25. The van der Waals surface area contributed by atoms with Gasteiger partial charge in [0.05, 0.1) is 6.20 Å². The van der Waals surface area contributed by atoms with E-state index in [9.17, 15) is 0 Å². The highest BCUT2D eigenvalue weighted by Gasteiger charge is 2.44. The first-order valence-corrected chi connectivity index (χ1v) is 10.2. The molecule has 2 aliphatic carbocycles. The fraction of sp³-hybridized carbons (Fsp3) is 0.800. The van der Waals surface area contributed by atoms with Crippen molar-refractivity contribution in [2.75, 3.05) is 20.1 Å². The van der Waals surface area contributed by atoms with E-state index < -0.39 is 0 Å². The lowest BCUT2D eigenvalue weighted by Crippen LogP contribution is -2.42. The SMILES string of the molecule is CN=C(NC1CC1C1CCCCC1)N1CCC(Cc2cnn(C)c2)C1.I. The Morgan fingerprint density at radius 1 is 1.27 bits per heavy atom. The van der Waals surface area contributed by atoms with Gasteiger partial charge in [-0.05, 0) is 42.6 Å². The van der Waals surface area contributed by atoms with E-state index in [1.807, 2.05) is 25.0 Å². The molecule has 6 heteroatoms. The summed E-state index contributed by atoms with van der Waals surface area (Å²) < 4.78 is 1.90. The van der Waals surface area contributed by atoms with Gasteiger partial charge in [-0.15, -0.1) is 24.0 Å². The van der Waals surface area contributed by atoms with Gasteiger partial charge in [0.1, 0.15) is 0 Å². The van der Waals surface area contributed by atoms with Crippen molar-refractivity contribution in [3.8, 4) is 0 Å². The average molecular weight is 471 g/mol. The van der Waals surface area contributed by atoms with Crippen molar-refractivity contribution in [3.63, 3.8) is 0 Å². The Balaban J connectivity index is 0.00000196. The Hall–Kier alpha value is -0.790. The molecule has 0 aromatic carbocycles. The lowest BCUT2D eigenvalue weighted by atomic mass is 9.85. The maximum Gasteiger partial charge on any atom is 0.193 e. The fourth-order valence-corrected chi connectivity index (χ4v) is 5.03. The molecule has 0 bridgehead atoms. The van der Waals surface area contributed by atoms with Crippen LogP contribution in [0.2, 0.25) is 0 Å². The number of nitrogens with one attached hydrogen (secondary N) is 1. The molecule has 2 saturated carbocycles. The van der Waals surface area contributed by atoms with Gasteiger partial charge in [-0.25, -0.2) is 0 Å². The van der Waals surface area contributed by atoms with Crippen LogP contribution in [0.3, 0.4) is 0 Å². The van der Waals surface area contributed by atoms with E-state index in [0.29, 0.717) is 6.04 Å². The number of hydrogen-bond donors (Lipinski definition) is 1. The molecule has 0 amide bonds. The number of nitrogens with zero attached hydrogens (tertiary/aromatic N) is 4. The van der Waals surface area contributed by atoms with Crippen molar-refractivity contribution < 1.29 is 0 Å². The molecule has 0 spiro atoms. The Bertz CT molecular complexity index is 607. The lowest BCUT2D eigenvalue weighted by molar-refractivity contribution is 0.314. The zero-order valence-corrected chi connectivity index (χ0v) is 18.6. The molecule has 5 nitrogen and oxygen atoms in total. The molecule has 1 aromatic rings. The predicted molar refractivity (Wildman–Crippen MR) is 117 cm³/mol. The van der Waals surface area contributed by atoms with Crippen LogP contribution in [0.15, 0.2) is 17.4 Å². The number of hydrogen-bond acceptors (Lipinski definition) is 2. The normalized spacial score (nSPS) is 29.5. The number of rotatable bonds is 4. The van der Waals surface area contributed by atoms with Crippen LogP contribution in [0.25, 0.3) is 0 Å². The van der Waals surface area contributed by atoms with Crippen LogP contribution in [0.5, 0.6) is 0 Å². The third-order valence-electron chi connectivity index (χ3n) is 6.49. The highest BCUT2D eigenvalue weighted by atomic mass is 127. The van der Waals surface area contributed by atoms with Gasteiger partial charge in [-0.2, -0.15) is 5.10 Å². The number of likely N-dealkylation sites (tertiary alicyclic amines) is 1. The first-order chi connectivity index (χ1) is 12.2. The van der Waals surface area contributed by atoms with E-state index in [1.54, 1.807) is 0 Å². The molecule has 0 radical (unpaired) electrons. The molecule has 3 fully saturated rings. The number of aryl methyl sites for hydroxylation is 1. The Morgan fingerprint density at radius 3 is 2.77 bits per heavy atom. The monoisotopic (exact) mass is 471 g/mol. The molecule has 146 valence electrons. The summed E-state index contributed by atoms with van der Waals surface area (Å²) in [5, 5.41) is 8.07. The first kappa shape index (κ1) is 20.0. The summed E-state index contributed by atoms with van der Waals surface area (Å²) in [6.07, 6.45) is 15.2. The molecule has 26 heavy (non-hydrogen) atoms. The fourth-order valence-electron chi connectivity index (χ4n) is 5.03. The van der Waals surface area contributed by atoms with Gasteiger partial charge in [-0.1, -0.05) is 32.1 Å². The first-order valence-electron chi connectivity index (χ1n) is 10.2. The van der Waals surface area contributed by atoms with Crippen molar-refractivity contribution >= 4 is 29.9 Å². The van der Waals surface area contributed by atoms with Crippen molar-refractivity contribution in [3.05, 3.63) is 18.0 Å². The van der Waals surface area contributed by atoms with Gasteiger partial charge in [0.25, 0.3) is 0 Å². The number of aliphatic imine (C=N–C) groups is 1. The van der Waals surface area contributed by atoms with Crippen LogP contribution in [-0.4, -0.2) is 46.8 Å². The zero-order valence-electron chi connectivity index (χ0n) is 16.2. The van der Waals surface area contributed by atoms with Crippen LogP contribution >= 0.6 is 24.0 Å². The number of guanidine groups is 1. The summed E-state index contributed by atoms with van der Waals surface area (Å²) in [5.41, 5.74) is 1.36.